The minimum atomic E-state index is 0.663. The van der Waals surface area contributed by atoms with E-state index in [0.29, 0.717) is 6.41 Å². The molecule has 92 valence electrons. The van der Waals surface area contributed by atoms with Crippen LogP contribution in [0.2, 0.25) is 0 Å². The molecule has 0 aliphatic rings. The molecule has 1 N–H and O–H groups in total. The van der Waals surface area contributed by atoms with E-state index in [-0.39, 0.29) is 0 Å². The lowest BCUT2D eigenvalue weighted by atomic mass is 10.0. The SMILES string of the molecule is COc1ccc(-c2cc(NC=O)ccc2C)nc1. The molecule has 0 saturated carbocycles. The summed E-state index contributed by atoms with van der Waals surface area (Å²) in [6.07, 6.45) is 2.34. The van der Waals surface area contributed by atoms with Gasteiger partial charge in [-0.05, 0) is 36.8 Å². The first-order valence-corrected chi connectivity index (χ1v) is 5.56. The van der Waals surface area contributed by atoms with Crippen molar-refractivity contribution in [1.82, 2.24) is 4.98 Å². The summed E-state index contributed by atoms with van der Waals surface area (Å²) >= 11 is 0. The molecule has 1 aromatic heterocycles. The lowest BCUT2D eigenvalue weighted by Gasteiger charge is -2.08. The number of rotatable bonds is 4. The number of nitrogens with zero attached hydrogens (tertiary/aromatic N) is 1. The zero-order valence-electron chi connectivity index (χ0n) is 10.3. The standard InChI is InChI=1S/C14H14N2O2/c1-10-3-4-11(16-9-17)7-13(10)14-6-5-12(18-2)8-15-14/h3-9H,1-2H3,(H,16,17). The molecule has 0 atom stereocenters. The van der Waals surface area contributed by atoms with Gasteiger partial charge in [-0.3, -0.25) is 9.78 Å². The average Bonchev–Trinajstić information content (AvgIpc) is 2.41. The van der Waals surface area contributed by atoms with Gasteiger partial charge >= 0.3 is 0 Å². The van der Waals surface area contributed by atoms with Crippen LogP contribution in [0.3, 0.4) is 0 Å². The van der Waals surface area contributed by atoms with Crippen LogP contribution in [0.1, 0.15) is 5.56 Å². The molecular weight excluding hydrogens is 228 g/mol. The molecule has 0 radical (unpaired) electrons. The van der Waals surface area contributed by atoms with Gasteiger partial charge in [0.25, 0.3) is 0 Å². The van der Waals surface area contributed by atoms with Gasteiger partial charge < -0.3 is 10.1 Å². The molecule has 1 amide bonds. The number of aromatic nitrogens is 1. The van der Waals surface area contributed by atoms with E-state index in [1.165, 1.54) is 0 Å². The average molecular weight is 242 g/mol. The number of pyridine rings is 1. The predicted molar refractivity (Wildman–Crippen MR) is 70.6 cm³/mol. The highest BCUT2D eigenvalue weighted by Crippen LogP contribution is 2.25. The van der Waals surface area contributed by atoms with E-state index in [0.717, 1.165) is 28.3 Å². The molecule has 2 aromatic rings. The van der Waals surface area contributed by atoms with Gasteiger partial charge in [0, 0.05) is 11.3 Å². The molecule has 0 fully saturated rings. The van der Waals surface area contributed by atoms with Gasteiger partial charge in [0.2, 0.25) is 6.41 Å². The van der Waals surface area contributed by atoms with Crippen LogP contribution in [0.15, 0.2) is 36.5 Å². The van der Waals surface area contributed by atoms with E-state index in [4.69, 9.17) is 4.74 Å². The number of carbonyl (C=O) groups is 1. The number of hydrogen-bond donors (Lipinski definition) is 1. The number of aryl methyl sites for hydroxylation is 1. The Kier molecular flexibility index (Phi) is 3.57. The molecule has 2 rings (SSSR count). The Morgan fingerprint density at radius 3 is 2.72 bits per heavy atom. The molecule has 18 heavy (non-hydrogen) atoms. The summed E-state index contributed by atoms with van der Waals surface area (Å²) in [6.45, 7) is 2.01. The van der Waals surface area contributed by atoms with Gasteiger partial charge in [0.15, 0.2) is 0 Å². The Morgan fingerprint density at radius 2 is 2.11 bits per heavy atom. The van der Waals surface area contributed by atoms with Crippen molar-refractivity contribution in [3.8, 4) is 17.0 Å². The second kappa shape index (κ2) is 5.31. The Balaban J connectivity index is 2.41. The van der Waals surface area contributed by atoms with E-state index in [1.807, 2.05) is 37.3 Å². The third kappa shape index (κ3) is 2.48. The molecule has 1 heterocycles. The minimum Gasteiger partial charge on any atom is -0.495 e. The highest BCUT2D eigenvalue weighted by molar-refractivity contribution is 5.76. The van der Waals surface area contributed by atoms with E-state index in [1.54, 1.807) is 13.3 Å². The first-order valence-electron chi connectivity index (χ1n) is 5.56. The summed E-state index contributed by atoms with van der Waals surface area (Å²) in [4.78, 5) is 14.8. The van der Waals surface area contributed by atoms with Crippen LogP contribution in [-0.2, 0) is 4.79 Å². The van der Waals surface area contributed by atoms with Crippen molar-refractivity contribution in [3.05, 3.63) is 42.1 Å². The van der Waals surface area contributed by atoms with Crippen molar-refractivity contribution in [3.63, 3.8) is 0 Å². The summed E-state index contributed by atoms with van der Waals surface area (Å²) in [7, 11) is 1.61. The maximum atomic E-state index is 10.4. The van der Waals surface area contributed by atoms with Crippen LogP contribution in [0.4, 0.5) is 5.69 Å². The van der Waals surface area contributed by atoms with E-state index in [2.05, 4.69) is 10.3 Å². The number of hydrogen-bond acceptors (Lipinski definition) is 3. The van der Waals surface area contributed by atoms with Gasteiger partial charge in [0.1, 0.15) is 5.75 Å². The molecule has 0 bridgehead atoms. The van der Waals surface area contributed by atoms with Gasteiger partial charge in [0.05, 0.1) is 19.0 Å². The van der Waals surface area contributed by atoms with Crippen molar-refractivity contribution >= 4 is 12.1 Å². The first kappa shape index (κ1) is 12.1. The van der Waals surface area contributed by atoms with Gasteiger partial charge in [-0.2, -0.15) is 0 Å². The Bertz CT molecular complexity index is 550. The molecule has 0 spiro atoms. The van der Waals surface area contributed by atoms with E-state index >= 15 is 0 Å². The van der Waals surface area contributed by atoms with Crippen LogP contribution in [0.5, 0.6) is 5.75 Å². The lowest BCUT2D eigenvalue weighted by Crippen LogP contribution is -1.95. The van der Waals surface area contributed by atoms with Gasteiger partial charge in [-0.1, -0.05) is 6.07 Å². The third-order valence-electron chi connectivity index (χ3n) is 2.71. The highest BCUT2D eigenvalue weighted by Gasteiger charge is 2.05. The largest absolute Gasteiger partial charge is 0.495 e. The topological polar surface area (TPSA) is 51.2 Å². The maximum absolute atomic E-state index is 10.4. The molecule has 0 aliphatic carbocycles. The number of nitrogens with one attached hydrogen (secondary N) is 1. The van der Waals surface area contributed by atoms with Crippen LogP contribution in [0, 0.1) is 6.92 Å². The van der Waals surface area contributed by atoms with Crippen LogP contribution >= 0.6 is 0 Å². The Morgan fingerprint density at radius 1 is 1.28 bits per heavy atom. The fourth-order valence-corrected chi connectivity index (χ4v) is 1.72. The maximum Gasteiger partial charge on any atom is 0.211 e. The monoisotopic (exact) mass is 242 g/mol. The van der Waals surface area contributed by atoms with E-state index < -0.39 is 0 Å². The number of anilines is 1. The molecular formula is C14H14N2O2. The molecule has 0 saturated heterocycles. The molecule has 0 aliphatic heterocycles. The van der Waals surface area contributed by atoms with Gasteiger partial charge in [-0.25, -0.2) is 0 Å². The van der Waals surface area contributed by atoms with Crippen molar-refractivity contribution in [2.24, 2.45) is 0 Å². The summed E-state index contributed by atoms with van der Waals surface area (Å²) in [5.41, 5.74) is 3.69. The second-order valence-corrected chi connectivity index (χ2v) is 3.88. The summed E-state index contributed by atoms with van der Waals surface area (Å²) in [5, 5.41) is 2.63. The highest BCUT2D eigenvalue weighted by atomic mass is 16.5. The Labute approximate surface area is 106 Å². The van der Waals surface area contributed by atoms with Gasteiger partial charge in [-0.15, -0.1) is 0 Å². The number of amides is 1. The Hall–Kier alpha value is -2.36. The summed E-state index contributed by atoms with van der Waals surface area (Å²) in [5.74, 6) is 0.721. The number of ether oxygens (including phenoxy) is 1. The van der Waals surface area contributed by atoms with E-state index in [9.17, 15) is 4.79 Å². The van der Waals surface area contributed by atoms with Crippen LogP contribution < -0.4 is 10.1 Å². The molecule has 4 nitrogen and oxygen atoms in total. The van der Waals surface area contributed by atoms with Crippen LogP contribution in [-0.4, -0.2) is 18.5 Å². The fraction of sp³-hybridized carbons (Fsp3) is 0.143. The molecule has 0 unspecified atom stereocenters. The molecule has 4 heteroatoms. The quantitative estimate of drug-likeness (QED) is 0.838. The zero-order valence-corrected chi connectivity index (χ0v) is 10.3. The molecule has 1 aromatic carbocycles. The normalized spacial score (nSPS) is 9.89. The third-order valence-corrected chi connectivity index (χ3v) is 2.71. The number of methoxy groups -OCH3 is 1. The number of carbonyl (C=O) groups excluding carboxylic acids is 1. The second-order valence-electron chi connectivity index (χ2n) is 3.88. The van der Waals surface area contributed by atoms with Crippen molar-refractivity contribution in [1.29, 1.82) is 0 Å². The minimum absolute atomic E-state index is 0.663. The van der Waals surface area contributed by atoms with Crippen molar-refractivity contribution in [2.75, 3.05) is 12.4 Å². The fourth-order valence-electron chi connectivity index (χ4n) is 1.72. The predicted octanol–water partition coefficient (Wildman–Crippen LogP) is 2.63. The van der Waals surface area contributed by atoms with Crippen molar-refractivity contribution in [2.45, 2.75) is 6.92 Å². The zero-order chi connectivity index (χ0) is 13.0. The van der Waals surface area contributed by atoms with Crippen molar-refractivity contribution < 1.29 is 9.53 Å². The smallest absolute Gasteiger partial charge is 0.211 e. The first-order chi connectivity index (χ1) is 8.74. The number of benzene rings is 1. The lowest BCUT2D eigenvalue weighted by molar-refractivity contribution is -0.105. The van der Waals surface area contributed by atoms with Crippen LogP contribution in [0.25, 0.3) is 11.3 Å². The summed E-state index contributed by atoms with van der Waals surface area (Å²) in [6, 6.07) is 9.47. The summed E-state index contributed by atoms with van der Waals surface area (Å²) < 4.78 is 5.08.